The summed E-state index contributed by atoms with van der Waals surface area (Å²) in [5, 5.41) is 4.66. The average Bonchev–Trinajstić information content (AvgIpc) is 3.21. The number of halogens is 1. The molecular weight excluding hydrogens is 314 g/mol. The van der Waals surface area contributed by atoms with E-state index < -0.39 is 0 Å². The third-order valence-corrected chi connectivity index (χ3v) is 4.85. The molecule has 2 heterocycles. The van der Waals surface area contributed by atoms with Crippen LogP contribution >= 0.6 is 11.6 Å². The summed E-state index contributed by atoms with van der Waals surface area (Å²) in [6.07, 6.45) is 6.12. The van der Waals surface area contributed by atoms with Crippen LogP contribution in [0.4, 0.5) is 0 Å². The lowest BCUT2D eigenvalue weighted by atomic mass is 9.95. The molecule has 1 amide bonds. The number of aryl methyl sites for hydroxylation is 1. The Morgan fingerprint density at radius 2 is 2.26 bits per heavy atom. The Bertz CT molecular complexity index is 678. The van der Waals surface area contributed by atoms with Gasteiger partial charge in [-0.2, -0.15) is 5.10 Å². The van der Waals surface area contributed by atoms with Gasteiger partial charge in [-0.05, 0) is 50.3 Å². The first kappa shape index (κ1) is 16.1. The molecule has 1 aliphatic rings. The molecule has 0 fully saturated rings. The molecule has 1 aliphatic carbocycles. The van der Waals surface area contributed by atoms with Gasteiger partial charge in [0.1, 0.15) is 11.6 Å². The van der Waals surface area contributed by atoms with Crippen molar-refractivity contribution in [2.75, 3.05) is 5.88 Å². The highest BCUT2D eigenvalue weighted by atomic mass is 35.5. The van der Waals surface area contributed by atoms with Crippen LogP contribution in [0.3, 0.4) is 0 Å². The van der Waals surface area contributed by atoms with Gasteiger partial charge in [-0.15, -0.1) is 11.6 Å². The summed E-state index contributed by atoms with van der Waals surface area (Å²) >= 11 is 5.82. The second-order valence-corrected chi connectivity index (χ2v) is 6.32. The number of carbonyl (C=O) groups is 1. The molecule has 0 saturated heterocycles. The van der Waals surface area contributed by atoms with E-state index in [9.17, 15) is 4.79 Å². The zero-order valence-electron chi connectivity index (χ0n) is 13.6. The Balaban J connectivity index is 1.89. The number of aromatic nitrogens is 2. The maximum atomic E-state index is 12.3. The van der Waals surface area contributed by atoms with E-state index in [4.69, 9.17) is 16.0 Å². The molecule has 23 heavy (non-hydrogen) atoms. The number of furan rings is 1. The second-order valence-electron chi connectivity index (χ2n) is 6.05. The number of nitrogens with zero attached hydrogens (tertiary/aromatic N) is 3. The monoisotopic (exact) mass is 335 g/mol. The maximum absolute atomic E-state index is 12.3. The fourth-order valence-electron chi connectivity index (χ4n) is 3.35. The van der Waals surface area contributed by atoms with Gasteiger partial charge in [0, 0.05) is 12.7 Å². The van der Waals surface area contributed by atoms with E-state index in [1.54, 1.807) is 11.2 Å². The molecule has 0 spiro atoms. The molecule has 2 aromatic rings. The molecule has 0 N–H and O–H groups in total. The summed E-state index contributed by atoms with van der Waals surface area (Å²) in [6, 6.07) is 3.54. The third-order valence-electron chi connectivity index (χ3n) is 4.63. The van der Waals surface area contributed by atoms with E-state index in [1.165, 1.54) is 24.1 Å². The number of carbonyl (C=O) groups excluding carboxylic acids is 1. The minimum atomic E-state index is -0.169. The van der Waals surface area contributed by atoms with E-state index >= 15 is 0 Å². The van der Waals surface area contributed by atoms with Crippen molar-refractivity contribution in [2.24, 2.45) is 7.05 Å². The van der Waals surface area contributed by atoms with Crippen molar-refractivity contribution in [1.29, 1.82) is 0 Å². The Morgan fingerprint density at radius 1 is 1.48 bits per heavy atom. The Hall–Kier alpha value is -1.75. The van der Waals surface area contributed by atoms with Crippen molar-refractivity contribution in [1.82, 2.24) is 14.7 Å². The summed E-state index contributed by atoms with van der Waals surface area (Å²) in [6.45, 7) is 2.43. The van der Waals surface area contributed by atoms with E-state index in [0.29, 0.717) is 6.54 Å². The lowest BCUT2D eigenvalue weighted by Gasteiger charge is -2.27. The largest absolute Gasteiger partial charge is 0.467 e. The molecule has 0 radical (unpaired) electrons. The molecule has 1 atom stereocenters. The number of fused-ring (bicyclic) bond motifs is 1. The highest BCUT2D eigenvalue weighted by Gasteiger charge is 2.27. The van der Waals surface area contributed by atoms with E-state index in [0.717, 1.165) is 24.3 Å². The summed E-state index contributed by atoms with van der Waals surface area (Å²) in [5.41, 5.74) is 3.59. The molecular formula is C17H22ClN3O2. The highest BCUT2D eigenvalue weighted by molar-refractivity contribution is 6.27. The Morgan fingerprint density at radius 3 is 2.96 bits per heavy atom. The second kappa shape index (κ2) is 6.79. The zero-order valence-corrected chi connectivity index (χ0v) is 14.3. The molecule has 1 unspecified atom stereocenters. The van der Waals surface area contributed by atoms with Gasteiger partial charge in [0.05, 0.1) is 24.5 Å². The molecule has 3 rings (SSSR count). The topological polar surface area (TPSA) is 51.3 Å². The normalized spacial score (nSPS) is 15.3. The van der Waals surface area contributed by atoms with E-state index in [2.05, 4.69) is 5.10 Å². The smallest absolute Gasteiger partial charge is 0.238 e. The van der Waals surface area contributed by atoms with Crippen molar-refractivity contribution >= 4 is 17.5 Å². The molecule has 2 aromatic heterocycles. The number of hydrogen-bond donors (Lipinski definition) is 0. The Kier molecular flexibility index (Phi) is 4.76. The molecule has 5 nitrogen and oxygen atoms in total. The summed E-state index contributed by atoms with van der Waals surface area (Å²) in [5.74, 6) is 0.610. The van der Waals surface area contributed by atoms with Crippen molar-refractivity contribution in [3.8, 4) is 0 Å². The van der Waals surface area contributed by atoms with Crippen molar-refractivity contribution in [3.05, 3.63) is 41.1 Å². The fraction of sp³-hybridized carbons (Fsp3) is 0.529. The van der Waals surface area contributed by atoms with E-state index in [1.807, 2.05) is 30.8 Å². The van der Waals surface area contributed by atoms with Crippen LogP contribution < -0.4 is 0 Å². The van der Waals surface area contributed by atoms with Gasteiger partial charge in [-0.25, -0.2) is 0 Å². The minimum Gasteiger partial charge on any atom is -0.467 e. The van der Waals surface area contributed by atoms with E-state index in [-0.39, 0.29) is 17.8 Å². The molecule has 0 aliphatic heterocycles. The van der Waals surface area contributed by atoms with Crippen LogP contribution in [0.2, 0.25) is 0 Å². The van der Waals surface area contributed by atoms with Crippen molar-refractivity contribution in [2.45, 2.75) is 45.2 Å². The lowest BCUT2D eigenvalue weighted by molar-refractivity contribution is -0.131. The van der Waals surface area contributed by atoms with Gasteiger partial charge in [-0.1, -0.05) is 0 Å². The summed E-state index contributed by atoms with van der Waals surface area (Å²) < 4.78 is 7.43. The number of amides is 1. The molecule has 0 saturated carbocycles. The van der Waals surface area contributed by atoms with Crippen LogP contribution in [-0.4, -0.2) is 26.5 Å². The first-order valence-corrected chi connectivity index (χ1v) is 8.57. The van der Waals surface area contributed by atoms with Crippen LogP contribution in [-0.2, 0) is 31.2 Å². The predicted molar refractivity (Wildman–Crippen MR) is 88.2 cm³/mol. The van der Waals surface area contributed by atoms with Gasteiger partial charge in [0.25, 0.3) is 0 Å². The maximum Gasteiger partial charge on any atom is 0.238 e. The Labute approximate surface area is 141 Å². The number of alkyl halides is 1. The zero-order chi connectivity index (χ0) is 16.4. The minimum absolute atomic E-state index is 0.0416. The third kappa shape index (κ3) is 3.15. The number of hydrogen-bond acceptors (Lipinski definition) is 3. The van der Waals surface area contributed by atoms with Crippen LogP contribution in [0.25, 0.3) is 0 Å². The SMILES string of the molecule is CC(c1ccco1)N(Cc1nn(C)c2c1CCCC2)C(=O)CCl. The molecule has 0 aromatic carbocycles. The summed E-state index contributed by atoms with van der Waals surface area (Å²) in [4.78, 5) is 14.1. The van der Waals surface area contributed by atoms with Crippen LogP contribution in [0.15, 0.2) is 22.8 Å². The molecule has 0 bridgehead atoms. The summed E-state index contributed by atoms with van der Waals surface area (Å²) in [7, 11) is 1.98. The van der Waals surface area contributed by atoms with Gasteiger partial charge >= 0.3 is 0 Å². The quantitative estimate of drug-likeness (QED) is 0.788. The number of rotatable bonds is 5. The highest BCUT2D eigenvalue weighted by Crippen LogP contribution is 2.28. The standard InChI is InChI=1S/C17H22ClN3O2/c1-12(16-8-5-9-23-16)21(17(22)10-18)11-14-13-6-3-4-7-15(13)20(2)19-14/h5,8-9,12H,3-4,6-7,10-11H2,1-2H3. The van der Waals surface area contributed by atoms with Crippen molar-refractivity contribution in [3.63, 3.8) is 0 Å². The predicted octanol–water partition coefficient (Wildman–Crippen LogP) is 3.22. The van der Waals surface area contributed by atoms with Crippen LogP contribution in [0.5, 0.6) is 0 Å². The van der Waals surface area contributed by atoms with Crippen LogP contribution in [0, 0.1) is 0 Å². The fourth-order valence-corrected chi connectivity index (χ4v) is 3.50. The lowest BCUT2D eigenvalue weighted by Crippen LogP contribution is -2.34. The van der Waals surface area contributed by atoms with Gasteiger partial charge in [0.15, 0.2) is 0 Å². The van der Waals surface area contributed by atoms with Crippen molar-refractivity contribution < 1.29 is 9.21 Å². The van der Waals surface area contributed by atoms with Gasteiger partial charge < -0.3 is 9.32 Å². The van der Waals surface area contributed by atoms with Gasteiger partial charge in [-0.3, -0.25) is 9.48 Å². The molecule has 124 valence electrons. The first-order valence-electron chi connectivity index (χ1n) is 8.04. The average molecular weight is 336 g/mol. The molecule has 6 heteroatoms. The van der Waals surface area contributed by atoms with Gasteiger partial charge in [0.2, 0.25) is 5.91 Å². The van der Waals surface area contributed by atoms with Crippen LogP contribution in [0.1, 0.15) is 48.5 Å². The first-order chi connectivity index (χ1) is 11.1.